The summed E-state index contributed by atoms with van der Waals surface area (Å²) in [4.78, 5) is 14.5. The van der Waals surface area contributed by atoms with Crippen molar-refractivity contribution in [2.45, 2.75) is 17.5 Å². The summed E-state index contributed by atoms with van der Waals surface area (Å²) >= 11 is 0. The molecule has 1 unspecified atom stereocenters. The molecule has 1 aromatic carbocycles. The smallest absolute Gasteiger partial charge is 0.270 e. The highest BCUT2D eigenvalue weighted by Gasteiger charge is 2.32. The summed E-state index contributed by atoms with van der Waals surface area (Å²) in [6.45, 7) is 1.39. The van der Waals surface area contributed by atoms with E-state index >= 15 is 0 Å². The van der Waals surface area contributed by atoms with Crippen molar-refractivity contribution in [2.24, 2.45) is 0 Å². The average Bonchev–Trinajstić information content (AvgIpc) is 3.15. The lowest BCUT2D eigenvalue weighted by atomic mass is 10.1. The second-order valence-corrected chi connectivity index (χ2v) is 7.99. The zero-order chi connectivity index (χ0) is 19.4. The molecule has 1 aliphatic rings. The van der Waals surface area contributed by atoms with Gasteiger partial charge in [-0.3, -0.25) is 4.79 Å². The monoisotopic (exact) mass is 393 g/mol. The zero-order valence-corrected chi connectivity index (χ0v) is 16.1. The van der Waals surface area contributed by atoms with Gasteiger partial charge in [0, 0.05) is 39.0 Å². The number of hydrogen-bond donors (Lipinski definition) is 1. The first-order valence-corrected chi connectivity index (χ1v) is 10.0. The predicted octanol–water partition coefficient (Wildman–Crippen LogP) is 0.946. The van der Waals surface area contributed by atoms with Crippen LogP contribution in [0.1, 0.15) is 10.5 Å². The van der Waals surface area contributed by atoms with E-state index in [0.717, 1.165) is 0 Å². The number of amides is 1. The van der Waals surface area contributed by atoms with E-state index in [1.54, 1.807) is 30.2 Å². The van der Waals surface area contributed by atoms with Gasteiger partial charge >= 0.3 is 0 Å². The highest BCUT2D eigenvalue weighted by molar-refractivity contribution is 7.89. The molecule has 1 aromatic heterocycles. The van der Waals surface area contributed by atoms with E-state index in [1.807, 2.05) is 16.8 Å². The van der Waals surface area contributed by atoms with Crippen LogP contribution in [0.15, 0.2) is 47.5 Å². The SMILES string of the molecule is COCCN1C(=O)c2cccn2CC1CNS(=O)(=O)c1cccc(OC)c1. The summed E-state index contributed by atoms with van der Waals surface area (Å²) in [5.41, 5.74) is 0.595. The number of ether oxygens (including phenoxy) is 2. The maximum atomic E-state index is 12.7. The third-order valence-corrected chi connectivity index (χ3v) is 5.98. The molecule has 1 aliphatic heterocycles. The number of aromatic nitrogens is 1. The van der Waals surface area contributed by atoms with E-state index < -0.39 is 10.0 Å². The van der Waals surface area contributed by atoms with Crippen LogP contribution < -0.4 is 9.46 Å². The topological polar surface area (TPSA) is 89.9 Å². The predicted molar refractivity (Wildman–Crippen MR) is 99.3 cm³/mol. The Labute approximate surface area is 158 Å². The van der Waals surface area contributed by atoms with Crippen LogP contribution in [0.5, 0.6) is 5.75 Å². The Kier molecular flexibility index (Phi) is 5.83. The fraction of sp³-hybridized carbons (Fsp3) is 0.389. The average molecular weight is 393 g/mol. The Balaban J connectivity index is 1.77. The first-order chi connectivity index (χ1) is 13.0. The van der Waals surface area contributed by atoms with Crippen molar-refractivity contribution in [1.82, 2.24) is 14.2 Å². The van der Waals surface area contributed by atoms with Crippen LogP contribution in [0.25, 0.3) is 0 Å². The van der Waals surface area contributed by atoms with Gasteiger partial charge in [0.1, 0.15) is 11.4 Å². The summed E-state index contributed by atoms with van der Waals surface area (Å²) in [6, 6.07) is 9.52. The Bertz CT molecular complexity index is 909. The van der Waals surface area contributed by atoms with Crippen LogP contribution in [-0.2, 0) is 21.3 Å². The third kappa shape index (κ3) is 4.15. The minimum absolute atomic E-state index is 0.104. The van der Waals surface area contributed by atoms with E-state index in [1.165, 1.54) is 19.2 Å². The Morgan fingerprint density at radius 2 is 2.04 bits per heavy atom. The van der Waals surface area contributed by atoms with Gasteiger partial charge in [-0.1, -0.05) is 6.07 Å². The van der Waals surface area contributed by atoms with E-state index in [9.17, 15) is 13.2 Å². The Morgan fingerprint density at radius 3 is 2.78 bits per heavy atom. The molecule has 0 radical (unpaired) electrons. The molecule has 0 spiro atoms. The summed E-state index contributed by atoms with van der Waals surface area (Å²) in [5.74, 6) is 0.332. The number of methoxy groups -OCH3 is 2. The van der Waals surface area contributed by atoms with Crippen LogP contribution >= 0.6 is 0 Å². The van der Waals surface area contributed by atoms with Crippen molar-refractivity contribution in [1.29, 1.82) is 0 Å². The lowest BCUT2D eigenvalue weighted by molar-refractivity contribution is 0.0518. The molecular weight excluding hydrogens is 370 g/mol. The standard InChI is InChI=1S/C18H23N3O5S/c1-25-10-9-21-14(13-20-8-4-7-17(20)18(21)22)12-19-27(23,24)16-6-3-5-15(11-16)26-2/h3-8,11,14,19H,9-10,12-13H2,1-2H3. The van der Waals surface area contributed by atoms with Crippen LogP contribution in [0, 0.1) is 0 Å². The van der Waals surface area contributed by atoms with Gasteiger partial charge in [-0.15, -0.1) is 0 Å². The second-order valence-electron chi connectivity index (χ2n) is 6.22. The molecule has 0 aliphatic carbocycles. The van der Waals surface area contributed by atoms with Crippen molar-refractivity contribution in [3.63, 3.8) is 0 Å². The largest absolute Gasteiger partial charge is 0.497 e. The summed E-state index contributed by atoms with van der Waals surface area (Å²) in [6.07, 6.45) is 1.82. The van der Waals surface area contributed by atoms with Gasteiger partial charge < -0.3 is 18.9 Å². The van der Waals surface area contributed by atoms with Gasteiger partial charge in [0.25, 0.3) is 5.91 Å². The van der Waals surface area contributed by atoms with Gasteiger partial charge in [0.05, 0.1) is 24.7 Å². The van der Waals surface area contributed by atoms with E-state index in [4.69, 9.17) is 9.47 Å². The van der Waals surface area contributed by atoms with Crippen molar-refractivity contribution in [3.05, 3.63) is 48.3 Å². The fourth-order valence-electron chi connectivity index (χ4n) is 3.11. The van der Waals surface area contributed by atoms with Gasteiger partial charge in [0.2, 0.25) is 10.0 Å². The molecule has 1 N–H and O–H groups in total. The molecule has 146 valence electrons. The number of nitrogens with one attached hydrogen (secondary N) is 1. The number of carbonyl (C=O) groups excluding carboxylic acids is 1. The maximum absolute atomic E-state index is 12.7. The van der Waals surface area contributed by atoms with Crippen LogP contribution in [0.4, 0.5) is 0 Å². The first-order valence-electron chi connectivity index (χ1n) is 8.55. The molecule has 1 atom stereocenters. The van der Waals surface area contributed by atoms with E-state index in [2.05, 4.69) is 4.72 Å². The van der Waals surface area contributed by atoms with Crippen LogP contribution in [0.2, 0.25) is 0 Å². The number of nitrogens with zero attached hydrogens (tertiary/aromatic N) is 2. The molecule has 2 aromatic rings. The van der Waals surface area contributed by atoms with E-state index in [-0.39, 0.29) is 23.4 Å². The summed E-state index contributed by atoms with van der Waals surface area (Å²) in [7, 11) is -0.678. The molecular formula is C18H23N3O5S. The second kappa shape index (κ2) is 8.12. The number of sulfonamides is 1. The van der Waals surface area contributed by atoms with Crippen molar-refractivity contribution in [2.75, 3.05) is 33.9 Å². The number of rotatable bonds is 8. The molecule has 0 bridgehead atoms. The minimum atomic E-state index is -3.73. The summed E-state index contributed by atoms with van der Waals surface area (Å²) < 4.78 is 39.9. The molecule has 0 saturated heterocycles. The number of carbonyl (C=O) groups is 1. The maximum Gasteiger partial charge on any atom is 0.270 e. The van der Waals surface area contributed by atoms with Gasteiger partial charge in [0.15, 0.2) is 0 Å². The highest BCUT2D eigenvalue weighted by atomic mass is 32.2. The fourth-order valence-corrected chi connectivity index (χ4v) is 4.22. The molecule has 2 heterocycles. The van der Waals surface area contributed by atoms with Gasteiger partial charge in [-0.2, -0.15) is 0 Å². The number of hydrogen-bond acceptors (Lipinski definition) is 5. The number of benzene rings is 1. The van der Waals surface area contributed by atoms with Crippen LogP contribution in [-0.4, -0.2) is 63.7 Å². The van der Waals surface area contributed by atoms with Crippen molar-refractivity contribution in [3.8, 4) is 5.75 Å². The van der Waals surface area contributed by atoms with E-state index in [0.29, 0.717) is 31.1 Å². The zero-order valence-electron chi connectivity index (χ0n) is 15.3. The number of fused-ring (bicyclic) bond motifs is 1. The Hall–Kier alpha value is -2.36. The highest BCUT2D eigenvalue weighted by Crippen LogP contribution is 2.20. The van der Waals surface area contributed by atoms with Gasteiger partial charge in [-0.05, 0) is 24.3 Å². The molecule has 8 nitrogen and oxygen atoms in total. The molecule has 9 heteroatoms. The van der Waals surface area contributed by atoms with Crippen molar-refractivity contribution >= 4 is 15.9 Å². The lowest BCUT2D eigenvalue weighted by Crippen LogP contribution is -2.53. The molecule has 0 fully saturated rings. The summed E-state index contributed by atoms with van der Waals surface area (Å²) in [5, 5.41) is 0. The molecule has 3 rings (SSSR count). The molecule has 0 saturated carbocycles. The Morgan fingerprint density at radius 1 is 1.22 bits per heavy atom. The molecule has 1 amide bonds. The minimum Gasteiger partial charge on any atom is -0.497 e. The van der Waals surface area contributed by atoms with Gasteiger partial charge in [-0.25, -0.2) is 13.1 Å². The lowest BCUT2D eigenvalue weighted by Gasteiger charge is -2.36. The van der Waals surface area contributed by atoms with Crippen LogP contribution in [0.3, 0.4) is 0 Å². The van der Waals surface area contributed by atoms with Crippen molar-refractivity contribution < 1.29 is 22.7 Å². The molecule has 27 heavy (non-hydrogen) atoms. The first kappa shape index (κ1) is 19.4. The normalized spacial score (nSPS) is 17.0. The quantitative estimate of drug-likeness (QED) is 0.721. The third-order valence-electron chi connectivity index (χ3n) is 4.55.